The van der Waals surface area contributed by atoms with E-state index < -0.39 is 10.0 Å². The summed E-state index contributed by atoms with van der Waals surface area (Å²) in [5, 5.41) is 0. The quantitative estimate of drug-likeness (QED) is 0.838. The molecule has 1 aromatic heterocycles. The van der Waals surface area contributed by atoms with E-state index in [2.05, 4.69) is 23.2 Å². The maximum Gasteiger partial charge on any atom is 0.211 e. The van der Waals surface area contributed by atoms with Gasteiger partial charge in [-0.1, -0.05) is 30.3 Å². The molecule has 0 N–H and O–H groups in total. The molecule has 0 spiro atoms. The van der Waals surface area contributed by atoms with Crippen molar-refractivity contribution in [3.05, 3.63) is 65.5 Å². The average Bonchev–Trinajstić information content (AvgIpc) is 2.56. The normalized spacial score (nSPS) is 19.3. The highest BCUT2D eigenvalue weighted by molar-refractivity contribution is 7.88. The lowest BCUT2D eigenvalue weighted by molar-refractivity contribution is 0.266. The van der Waals surface area contributed by atoms with Crippen molar-refractivity contribution in [1.29, 1.82) is 0 Å². The summed E-state index contributed by atoms with van der Waals surface area (Å²) >= 11 is 0. The van der Waals surface area contributed by atoms with E-state index in [-0.39, 0.29) is 0 Å². The standard InChI is InChI=1S/C19H24N2O2S/c1-24(22,23)21-11-5-8-18(15-21)12-17-9-10-20-19(14-17)13-16-6-3-2-4-7-16/h2-4,6-7,9-10,14,18H,5,8,11-13,15H2,1H3/t18-/m1/s1. The zero-order valence-corrected chi connectivity index (χ0v) is 14.9. The Balaban J connectivity index is 1.66. The Morgan fingerprint density at radius 3 is 2.71 bits per heavy atom. The molecule has 24 heavy (non-hydrogen) atoms. The van der Waals surface area contributed by atoms with E-state index in [0.717, 1.165) is 31.4 Å². The maximum atomic E-state index is 11.8. The van der Waals surface area contributed by atoms with E-state index in [9.17, 15) is 8.42 Å². The van der Waals surface area contributed by atoms with Crippen molar-refractivity contribution in [2.75, 3.05) is 19.3 Å². The van der Waals surface area contributed by atoms with Crippen molar-refractivity contribution in [3.63, 3.8) is 0 Å². The first kappa shape index (κ1) is 17.1. The Labute approximate surface area is 144 Å². The molecule has 1 aliphatic rings. The summed E-state index contributed by atoms with van der Waals surface area (Å²) in [6.45, 7) is 1.29. The summed E-state index contributed by atoms with van der Waals surface area (Å²) in [4.78, 5) is 4.48. The zero-order valence-electron chi connectivity index (χ0n) is 14.1. The van der Waals surface area contributed by atoms with Crippen LogP contribution < -0.4 is 0 Å². The summed E-state index contributed by atoms with van der Waals surface area (Å²) < 4.78 is 25.1. The molecule has 1 aromatic carbocycles. The Hall–Kier alpha value is -1.72. The van der Waals surface area contributed by atoms with E-state index in [1.165, 1.54) is 17.4 Å². The van der Waals surface area contributed by atoms with E-state index in [1.54, 1.807) is 4.31 Å². The molecule has 2 heterocycles. The van der Waals surface area contributed by atoms with Crippen LogP contribution in [0.4, 0.5) is 0 Å². The van der Waals surface area contributed by atoms with Crippen LogP contribution in [-0.2, 0) is 22.9 Å². The van der Waals surface area contributed by atoms with E-state index in [4.69, 9.17) is 0 Å². The van der Waals surface area contributed by atoms with Crippen LogP contribution in [0.5, 0.6) is 0 Å². The molecule has 1 aliphatic heterocycles. The number of rotatable bonds is 5. The fourth-order valence-corrected chi connectivity index (χ4v) is 4.33. The van der Waals surface area contributed by atoms with Gasteiger partial charge in [-0.3, -0.25) is 4.98 Å². The SMILES string of the molecule is CS(=O)(=O)N1CCC[C@H](Cc2ccnc(Cc3ccccc3)c2)C1. The lowest BCUT2D eigenvalue weighted by Crippen LogP contribution is -2.39. The highest BCUT2D eigenvalue weighted by Crippen LogP contribution is 2.23. The van der Waals surface area contributed by atoms with Gasteiger partial charge in [-0.05, 0) is 48.4 Å². The summed E-state index contributed by atoms with van der Waals surface area (Å²) in [5.41, 5.74) is 3.56. The number of hydrogen-bond acceptors (Lipinski definition) is 3. The van der Waals surface area contributed by atoms with Crippen LogP contribution in [0, 0.1) is 5.92 Å². The minimum Gasteiger partial charge on any atom is -0.261 e. The van der Waals surface area contributed by atoms with Crippen LogP contribution in [0.15, 0.2) is 48.7 Å². The summed E-state index contributed by atoms with van der Waals surface area (Å²) in [5.74, 6) is 0.389. The molecule has 1 saturated heterocycles. The molecule has 2 aromatic rings. The summed E-state index contributed by atoms with van der Waals surface area (Å²) in [6.07, 6.45) is 6.94. The van der Waals surface area contributed by atoms with Gasteiger partial charge in [0.2, 0.25) is 10.0 Å². The third kappa shape index (κ3) is 4.65. The zero-order chi connectivity index (χ0) is 17.0. The van der Waals surface area contributed by atoms with Gasteiger partial charge in [0.25, 0.3) is 0 Å². The van der Waals surface area contributed by atoms with Gasteiger partial charge in [0.05, 0.1) is 6.26 Å². The second-order valence-electron chi connectivity index (χ2n) is 6.65. The Kier molecular flexibility index (Phi) is 5.31. The molecule has 3 rings (SSSR count). The van der Waals surface area contributed by atoms with Gasteiger partial charge in [0.1, 0.15) is 0 Å². The minimum absolute atomic E-state index is 0.389. The largest absolute Gasteiger partial charge is 0.261 e. The molecule has 0 bridgehead atoms. The predicted octanol–water partition coefficient (Wildman–Crippen LogP) is 2.89. The van der Waals surface area contributed by atoms with Crippen LogP contribution in [0.2, 0.25) is 0 Å². The van der Waals surface area contributed by atoms with Gasteiger partial charge in [-0.15, -0.1) is 0 Å². The topological polar surface area (TPSA) is 50.3 Å². The second-order valence-corrected chi connectivity index (χ2v) is 8.63. The highest BCUT2D eigenvalue weighted by atomic mass is 32.2. The van der Waals surface area contributed by atoms with Crippen molar-refractivity contribution < 1.29 is 8.42 Å². The van der Waals surface area contributed by atoms with E-state index in [0.29, 0.717) is 19.0 Å². The highest BCUT2D eigenvalue weighted by Gasteiger charge is 2.25. The number of benzene rings is 1. The van der Waals surface area contributed by atoms with Crippen LogP contribution in [0.3, 0.4) is 0 Å². The number of hydrogen-bond donors (Lipinski definition) is 0. The van der Waals surface area contributed by atoms with Gasteiger partial charge in [0.15, 0.2) is 0 Å². The molecule has 0 aliphatic carbocycles. The molecule has 0 radical (unpaired) electrons. The number of aromatic nitrogens is 1. The average molecular weight is 344 g/mol. The monoisotopic (exact) mass is 344 g/mol. The summed E-state index contributed by atoms with van der Waals surface area (Å²) in [7, 11) is -3.08. The molecular formula is C19H24N2O2S. The van der Waals surface area contributed by atoms with Crippen LogP contribution in [0.25, 0.3) is 0 Å². The first-order valence-corrected chi connectivity index (χ1v) is 10.3. The molecule has 1 fully saturated rings. The van der Waals surface area contributed by atoms with Crippen molar-refractivity contribution >= 4 is 10.0 Å². The third-order valence-corrected chi connectivity index (χ3v) is 5.85. The van der Waals surface area contributed by atoms with E-state index in [1.807, 2.05) is 30.5 Å². The van der Waals surface area contributed by atoms with Crippen molar-refractivity contribution in [1.82, 2.24) is 9.29 Å². The first-order valence-electron chi connectivity index (χ1n) is 8.43. The number of piperidine rings is 1. The Morgan fingerprint density at radius 2 is 1.96 bits per heavy atom. The minimum atomic E-state index is -3.08. The van der Waals surface area contributed by atoms with Gasteiger partial charge < -0.3 is 0 Å². The Bertz CT molecular complexity index is 775. The lowest BCUT2D eigenvalue weighted by Gasteiger charge is -2.31. The van der Waals surface area contributed by atoms with E-state index >= 15 is 0 Å². The smallest absolute Gasteiger partial charge is 0.211 e. The molecule has 0 amide bonds. The van der Waals surface area contributed by atoms with Gasteiger partial charge in [-0.25, -0.2) is 12.7 Å². The molecule has 0 saturated carbocycles. The predicted molar refractivity (Wildman–Crippen MR) is 96.3 cm³/mol. The van der Waals surface area contributed by atoms with Gasteiger partial charge >= 0.3 is 0 Å². The second kappa shape index (κ2) is 7.45. The van der Waals surface area contributed by atoms with Crippen LogP contribution in [-0.4, -0.2) is 37.1 Å². The van der Waals surface area contributed by atoms with Gasteiger partial charge in [-0.2, -0.15) is 0 Å². The third-order valence-electron chi connectivity index (χ3n) is 4.58. The Morgan fingerprint density at radius 1 is 1.17 bits per heavy atom. The molecular weight excluding hydrogens is 320 g/mol. The lowest BCUT2D eigenvalue weighted by atomic mass is 9.92. The first-order chi connectivity index (χ1) is 11.5. The number of pyridine rings is 1. The van der Waals surface area contributed by atoms with Gasteiger partial charge in [0, 0.05) is 31.4 Å². The number of nitrogens with zero attached hydrogens (tertiary/aromatic N) is 2. The summed E-state index contributed by atoms with van der Waals surface area (Å²) in [6, 6.07) is 14.5. The fourth-order valence-electron chi connectivity index (χ4n) is 3.38. The van der Waals surface area contributed by atoms with Crippen molar-refractivity contribution in [2.45, 2.75) is 25.7 Å². The fraction of sp³-hybridized carbons (Fsp3) is 0.421. The molecule has 128 valence electrons. The number of sulfonamides is 1. The van der Waals surface area contributed by atoms with Crippen molar-refractivity contribution in [3.8, 4) is 0 Å². The molecule has 1 atom stereocenters. The molecule has 4 nitrogen and oxygen atoms in total. The maximum absolute atomic E-state index is 11.8. The molecule has 5 heteroatoms. The van der Waals surface area contributed by atoms with Crippen molar-refractivity contribution in [2.24, 2.45) is 5.92 Å². The van der Waals surface area contributed by atoms with Crippen LogP contribution >= 0.6 is 0 Å². The van der Waals surface area contributed by atoms with Crippen LogP contribution in [0.1, 0.15) is 29.7 Å². The molecule has 0 unspecified atom stereocenters.